The van der Waals surface area contributed by atoms with Gasteiger partial charge in [0, 0.05) is 6.04 Å². The predicted molar refractivity (Wildman–Crippen MR) is 79.2 cm³/mol. The molecule has 0 radical (unpaired) electrons. The zero-order valence-corrected chi connectivity index (χ0v) is 13.2. The van der Waals surface area contributed by atoms with Crippen molar-refractivity contribution in [2.45, 2.75) is 83.8 Å². The minimum Gasteiger partial charge on any atom is -0.340 e. The van der Waals surface area contributed by atoms with Crippen molar-refractivity contribution in [2.75, 3.05) is 0 Å². The molecule has 2 amide bonds. The number of hydrogen-bond donors (Lipinski definition) is 1. The molecule has 20 heavy (non-hydrogen) atoms. The first-order valence-electron chi connectivity index (χ1n) is 8.14. The van der Waals surface area contributed by atoms with Gasteiger partial charge in [-0.15, -0.1) is 0 Å². The maximum absolute atomic E-state index is 13.0. The lowest BCUT2D eigenvalue weighted by Gasteiger charge is -2.48. The lowest BCUT2D eigenvalue weighted by Crippen LogP contribution is -2.71. The van der Waals surface area contributed by atoms with E-state index in [-0.39, 0.29) is 23.9 Å². The van der Waals surface area contributed by atoms with Crippen LogP contribution in [0.5, 0.6) is 0 Å². The van der Waals surface area contributed by atoms with Gasteiger partial charge in [0.25, 0.3) is 0 Å². The van der Waals surface area contributed by atoms with Gasteiger partial charge in [-0.05, 0) is 44.9 Å². The number of rotatable bonds is 6. The number of nitrogens with zero attached hydrogens (tertiary/aromatic N) is 1. The molecule has 0 bridgehead atoms. The Bertz CT molecular complexity index is 388. The summed E-state index contributed by atoms with van der Waals surface area (Å²) in [5.74, 6) is 0.526. The smallest absolute Gasteiger partial charge is 0.249 e. The molecule has 1 aliphatic carbocycles. The van der Waals surface area contributed by atoms with Crippen LogP contribution in [0.1, 0.15) is 66.2 Å². The SMILES string of the molecule is CCCC1C(=O)NC(C)(C2CC2)C(=O)N1C(CC)CC. The molecule has 114 valence electrons. The topological polar surface area (TPSA) is 49.4 Å². The average Bonchev–Trinajstić information content (AvgIpc) is 3.25. The van der Waals surface area contributed by atoms with Crippen molar-refractivity contribution < 1.29 is 9.59 Å². The standard InChI is InChI=1S/C16H28N2O2/c1-5-8-13-14(19)17-16(4,11-9-10-11)15(20)18(13)12(6-2)7-3/h11-13H,5-10H2,1-4H3,(H,17,19). The van der Waals surface area contributed by atoms with Crippen molar-refractivity contribution in [2.24, 2.45) is 5.92 Å². The minimum atomic E-state index is -0.663. The second kappa shape index (κ2) is 5.74. The van der Waals surface area contributed by atoms with Crippen LogP contribution in [-0.4, -0.2) is 34.3 Å². The van der Waals surface area contributed by atoms with Crippen molar-refractivity contribution in [3.05, 3.63) is 0 Å². The quantitative estimate of drug-likeness (QED) is 0.812. The van der Waals surface area contributed by atoms with E-state index in [9.17, 15) is 9.59 Å². The Morgan fingerprint density at radius 3 is 2.30 bits per heavy atom. The van der Waals surface area contributed by atoms with Crippen molar-refractivity contribution in [3.8, 4) is 0 Å². The molecule has 2 rings (SSSR count). The molecular formula is C16H28N2O2. The normalized spacial score (nSPS) is 30.9. The van der Waals surface area contributed by atoms with E-state index in [0.717, 1.165) is 38.5 Å². The second-order valence-electron chi connectivity index (χ2n) is 6.45. The molecule has 0 aromatic heterocycles. The number of hydrogen-bond acceptors (Lipinski definition) is 2. The van der Waals surface area contributed by atoms with Crippen LogP contribution in [0.3, 0.4) is 0 Å². The lowest BCUT2D eigenvalue weighted by molar-refractivity contribution is -0.159. The zero-order valence-electron chi connectivity index (χ0n) is 13.2. The number of nitrogens with one attached hydrogen (secondary N) is 1. The predicted octanol–water partition coefficient (Wildman–Crippen LogP) is 2.47. The molecule has 2 aliphatic rings. The van der Waals surface area contributed by atoms with Crippen molar-refractivity contribution in [1.82, 2.24) is 10.2 Å². The van der Waals surface area contributed by atoms with Crippen LogP contribution in [0.2, 0.25) is 0 Å². The first-order valence-corrected chi connectivity index (χ1v) is 8.14. The van der Waals surface area contributed by atoms with Crippen LogP contribution in [0.4, 0.5) is 0 Å². The third-order valence-corrected chi connectivity index (χ3v) is 4.99. The number of amides is 2. The molecule has 0 aromatic rings. The lowest BCUT2D eigenvalue weighted by atomic mass is 9.86. The van der Waals surface area contributed by atoms with Crippen molar-refractivity contribution in [3.63, 3.8) is 0 Å². The third-order valence-electron chi connectivity index (χ3n) is 4.99. The van der Waals surface area contributed by atoms with Gasteiger partial charge < -0.3 is 10.2 Å². The molecule has 1 saturated carbocycles. The first-order chi connectivity index (χ1) is 9.49. The minimum absolute atomic E-state index is 0.0488. The van der Waals surface area contributed by atoms with Crippen LogP contribution in [0, 0.1) is 5.92 Å². The Labute approximate surface area is 122 Å². The summed E-state index contributed by atoms with van der Waals surface area (Å²) < 4.78 is 0. The van der Waals surface area contributed by atoms with Gasteiger partial charge in [0.15, 0.2) is 0 Å². The number of carbonyl (C=O) groups is 2. The van der Waals surface area contributed by atoms with Crippen LogP contribution >= 0.6 is 0 Å². The highest BCUT2D eigenvalue weighted by Crippen LogP contribution is 2.43. The number of carbonyl (C=O) groups excluding carboxylic acids is 2. The average molecular weight is 280 g/mol. The Morgan fingerprint density at radius 1 is 1.25 bits per heavy atom. The van der Waals surface area contributed by atoms with E-state index < -0.39 is 5.54 Å². The molecule has 1 heterocycles. The van der Waals surface area contributed by atoms with Gasteiger partial charge >= 0.3 is 0 Å². The van der Waals surface area contributed by atoms with Gasteiger partial charge in [0.1, 0.15) is 11.6 Å². The van der Waals surface area contributed by atoms with Gasteiger partial charge in [-0.2, -0.15) is 0 Å². The fraction of sp³-hybridized carbons (Fsp3) is 0.875. The second-order valence-corrected chi connectivity index (χ2v) is 6.45. The summed E-state index contributed by atoms with van der Waals surface area (Å²) in [6.07, 6.45) is 5.61. The van der Waals surface area contributed by atoms with E-state index in [4.69, 9.17) is 0 Å². The summed E-state index contributed by atoms with van der Waals surface area (Å²) in [6, 6.07) is -0.0904. The fourth-order valence-electron chi connectivity index (χ4n) is 3.51. The van der Waals surface area contributed by atoms with Gasteiger partial charge in [0.05, 0.1) is 0 Å². The summed E-state index contributed by atoms with van der Waals surface area (Å²) in [7, 11) is 0. The first kappa shape index (κ1) is 15.3. The summed E-state index contributed by atoms with van der Waals surface area (Å²) in [4.78, 5) is 27.5. The maximum Gasteiger partial charge on any atom is 0.249 e. The van der Waals surface area contributed by atoms with E-state index in [1.165, 1.54) is 0 Å². The summed E-state index contributed by atoms with van der Waals surface area (Å²) in [6.45, 7) is 8.19. The summed E-state index contributed by atoms with van der Waals surface area (Å²) in [5.41, 5.74) is -0.663. The fourth-order valence-corrected chi connectivity index (χ4v) is 3.51. The number of piperazine rings is 1. The Balaban J connectivity index is 2.32. The van der Waals surface area contributed by atoms with Gasteiger partial charge in [0.2, 0.25) is 11.8 Å². The van der Waals surface area contributed by atoms with Crippen LogP contribution in [0.25, 0.3) is 0 Å². The largest absolute Gasteiger partial charge is 0.340 e. The Hall–Kier alpha value is -1.06. The molecule has 0 spiro atoms. The van der Waals surface area contributed by atoms with Gasteiger partial charge in [-0.3, -0.25) is 9.59 Å². The van der Waals surface area contributed by atoms with Crippen LogP contribution < -0.4 is 5.32 Å². The van der Waals surface area contributed by atoms with Crippen LogP contribution in [0.15, 0.2) is 0 Å². The van der Waals surface area contributed by atoms with E-state index in [1.54, 1.807) is 0 Å². The molecule has 4 heteroatoms. The third kappa shape index (κ3) is 2.45. The van der Waals surface area contributed by atoms with Gasteiger partial charge in [-0.1, -0.05) is 27.2 Å². The monoisotopic (exact) mass is 280 g/mol. The van der Waals surface area contributed by atoms with Crippen molar-refractivity contribution >= 4 is 11.8 Å². The maximum atomic E-state index is 13.0. The summed E-state index contributed by atoms with van der Waals surface area (Å²) in [5, 5.41) is 3.04. The molecule has 1 saturated heterocycles. The summed E-state index contributed by atoms with van der Waals surface area (Å²) >= 11 is 0. The molecule has 1 N–H and O–H groups in total. The van der Waals surface area contributed by atoms with E-state index in [2.05, 4.69) is 26.1 Å². The highest BCUT2D eigenvalue weighted by molar-refractivity contribution is 6.00. The molecule has 1 aliphatic heterocycles. The molecule has 2 atom stereocenters. The molecule has 2 unspecified atom stereocenters. The highest BCUT2D eigenvalue weighted by atomic mass is 16.2. The molecular weight excluding hydrogens is 252 g/mol. The van der Waals surface area contributed by atoms with Gasteiger partial charge in [-0.25, -0.2) is 0 Å². The van der Waals surface area contributed by atoms with Crippen molar-refractivity contribution in [1.29, 1.82) is 0 Å². The van der Waals surface area contributed by atoms with E-state index in [0.29, 0.717) is 5.92 Å². The zero-order chi connectivity index (χ0) is 14.9. The highest BCUT2D eigenvalue weighted by Gasteiger charge is 2.55. The van der Waals surface area contributed by atoms with E-state index in [1.807, 2.05) is 11.8 Å². The Kier molecular flexibility index (Phi) is 4.40. The molecule has 2 fully saturated rings. The molecule has 0 aromatic carbocycles. The van der Waals surface area contributed by atoms with E-state index >= 15 is 0 Å². The Morgan fingerprint density at radius 2 is 1.85 bits per heavy atom. The van der Waals surface area contributed by atoms with Crippen LogP contribution in [-0.2, 0) is 9.59 Å². The molecule has 4 nitrogen and oxygen atoms in total.